The van der Waals surface area contributed by atoms with Crippen LogP contribution in [0, 0.1) is 18.3 Å². The molecule has 1 atom stereocenters. The molecule has 1 fully saturated rings. The maximum atomic E-state index is 12.2. The van der Waals surface area contributed by atoms with Gasteiger partial charge in [0.25, 0.3) is 0 Å². The molecule has 1 heterocycles. The van der Waals surface area contributed by atoms with Crippen molar-refractivity contribution in [3.05, 3.63) is 29.3 Å². The zero-order chi connectivity index (χ0) is 14.8. The maximum absolute atomic E-state index is 12.2. The first-order chi connectivity index (χ1) is 9.36. The van der Waals surface area contributed by atoms with Gasteiger partial charge in [0.1, 0.15) is 5.60 Å². The lowest BCUT2D eigenvalue weighted by molar-refractivity contribution is 0.0314. The molecule has 1 aliphatic heterocycles. The third-order valence-corrected chi connectivity index (χ3v) is 4.83. The zero-order valence-corrected chi connectivity index (χ0v) is 11.9. The smallest absolute Gasteiger partial charge is 0.240 e. The van der Waals surface area contributed by atoms with Crippen LogP contribution in [0.2, 0.25) is 0 Å². The van der Waals surface area contributed by atoms with Crippen LogP contribution in [-0.4, -0.2) is 38.9 Å². The molecule has 1 aromatic carbocycles. The standard InChI is InChI=1S/C13H16N2O4S/c1-10-6-11(7-14)2-3-12(10)20(17,18)15-8-13(16)4-5-19-9-13/h2-3,6,15-16H,4-5,8-9H2,1H3. The maximum Gasteiger partial charge on any atom is 0.240 e. The molecule has 108 valence electrons. The number of aryl methyl sites for hydroxylation is 1. The van der Waals surface area contributed by atoms with E-state index in [2.05, 4.69) is 4.72 Å². The van der Waals surface area contributed by atoms with Crippen LogP contribution in [0.4, 0.5) is 0 Å². The lowest BCUT2D eigenvalue weighted by atomic mass is 10.1. The van der Waals surface area contributed by atoms with E-state index < -0.39 is 15.6 Å². The second-order valence-corrected chi connectivity index (χ2v) is 6.68. The van der Waals surface area contributed by atoms with Gasteiger partial charge in [-0.05, 0) is 30.7 Å². The van der Waals surface area contributed by atoms with Gasteiger partial charge in [0.05, 0.1) is 23.1 Å². The molecular weight excluding hydrogens is 280 g/mol. The third kappa shape index (κ3) is 3.16. The Morgan fingerprint density at radius 3 is 2.85 bits per heavy atom. The fourth-order valence-electron chi connectivity index (χ4n) is 2.06. The van der Waals surface area contributed by atoms with E-state index in [1.54, 1.807) is 6.92 Å². The van der Waals surface area contributed by atoms with Gasteiger partial charge >= 0.3 is 0 Å². The highest BCUT2D eigenvalue weighted by atomic mass is 32.2. The van der Waals surface area contributed by atoms with Crippen molar-refractivity contribution in [3.63, 3.8) is 0 Å². The highest BCUT2D eigenvalue weighted by Gasteiger charge is 2.33. The Labute approximate surface area is 118 Å². The van der Waals surface area contributed by atoms with Gasteiger partial charge < -0.3 is 9.84 Å². The molecule has 1 aliphatic rings. The summed E-state index contributed by atoms with van der Waals surface area (Å²) in [5.41, 5.74) is -0.247. The number of aliphatic hydroxyl groups is 1. The van der Waals surface area contributed by atoms with Gasteiger partial charge in [-0.1, -0.05) is 0 Å². The van der Waals surface area contributed by atoms with E-state index in [-0.39, 0.29) is 18.0 Å². The van der Waals surface area contributed by atoms with Gasteiger partial charge in [-0.2, -0.15) is 5.26 Å². The lowest BCUT2D eigenvalue weighted by Gasteiger charge is -2.21. The number of sulfonamides is 1. The molecule has 0 aromatic heterocycles. The Morgan fingerprint density at radius 2 is 2.30 bits per heavy atom. The third-order valence-electron chi connectivity index (χ3n) is 3.27. The van der Waals surface area contributed by atoms with Crippen LogP contribution >= 0.6 is 0 Å². The van der Waals surface area contributed by atoms with E-state index in [1.165, 1.54) is 18.2 Å². The minimum absolute atomic E-state index is 0.0885. The molecule has 0 radical (unpaired) electrons. The predicted molar refractivity (Wildman–Crippen MR) is 71.5 cm³/mol. The van der Waals surface area contributed by atoms with Crippen molar-refractivity contribution in [2.45, 2.75) is 23.8 Å². The van der Waals surface area contributed by atoms with Crippen LogP contribution in [0.5, 0.6) is 0 Å². The first-order valence-corrected chi connectivity index (χ1v) is 7.65. The minimum atomic E-state index is -3.72. The Balaban J connectivity index is 2.16. The molecular formula is C13H16N2O4S. The Bertz CT molecular complexity index is 643. The van der Waals surface area contributed by atoms with Crippen LogP contribution < -0.4 is 4.72 Å². The van der Waals surface area contributed by atoms with Gasteiger partial charge in [-0.3, -0.25) is 0 Å². The number of nitrogens with one attached hydrogen (secondary N) is 1. The van der Waals surface area contributed by atoms with Crippen LogP contribution in [0.25, 0.3) is 0 Å². The van der Waals surface area contributed by atoms with E-state index >= 15 is 0 Å². The predicted octanol–water partition coefficient (Wildman–Crippen LogP) is 0.296. The Morgan fingerprint density at radius 1 is 1.55 bits per heavy atom. The lowest BCUT2D eigenvalue weighted by Crippen LogP contribution is -2.43. The number of nitriles is 1. The summed E-state index contributed by atoms with van der Waals surface area (Å²) in [5.74, 6) is 0. The summed E-state index contributed by atoms with van der Waals surface area (Å²) in [6.07, 6.45) is 0.405. The summed E-state index contributed by atoms with van der Waals surface area (Å²) in [5, 5.41) is 18.8. The summed E-state index contributed by atoms with van der Waals surface area (Å²) in [6, 6.07) is 6.32. The summed E-state index contributed by atoms with van der Waals surface area (Å²) < 4.78 is 31.9. The number of nitrogens with zero attached hydrogens (tertiary/aromatic N) is 1. The number of hydrogen-bond donors (Lipinski definition) is 2. The molecule has 0 amide bonds. The largest absolute Gasteiger partial charge is 0.386 e. The van der Waals surface area contributed by atoms with Crippen LogP contribution in [0.15, 0.2) is 23.1 Å². The van der Waals surface area contributed by atoms with E-state index in [9.17, 15) is 13.5 Å². The molecule has 2 rings (SSSR count). The summed E-state index contributed by atoms with van der Waals surface area (Å²) in [4.78, 5) is 0.110. The first kappa shape index (κ1) is 14.9. The monoisotopic (exact) mass is 296 g/mol. The fourth-order valence-corrected chi connectivity index (χ4v) is 3.41. The molecule has 0 saturated carbocycles. The quantitative estimate of drug-likeness (QED) is 0.832. The van der Waals surface area contributed by atoms with Crippen LogP contribution in [0.3, 0.4) is 0 Å². The fraction of sp³-hybridized carbons (Fsp3) is 0.462. The molecule has 0 bridgehead atoms. The number of hydrogen-bond acceptors (Lipinski definition) is 5. The van der Waals surface area contributed by atoms with Gasteiger partial charge in [0.2, 0.25) is 10.0 Å². The van der Waals surface area contributed by atoms with Crippen molar-refractivity contribution in [2.75, 3.05) is 19.8 Å². The Kier molecular flexibility index (Phi) is 4.11. The average Bonchev–Trinajstić information content (AvgIpc) is 2.84. The number of ether oxygens (including phenoxy) is 1. The van der Waals surface area contributed by atoms with E-state index in [0.717, 1.165) is 0 Å². The number of rotatable bonds is 4. The highest BCUT2D eigenvalue weighted by molar-refractivity contribution is 7.89. The molecule has 20 heavy (non-hydrogen) atoms. The molecule has 6 nitrogen and oxygen atoms in total. The SMILES string of the molecule is Cc1cc(C#N)ccc1S(=O)(=O)NCC1(O)CCOC1. The van der Waals surface area contributed by atoms with Gasteiger partial charge in [0.15, 0.2) is 0 Å². The van der Waals surface area contributed by atoms with Gasteiger partial charge in [-0.15, -0.1) is 0 Å². The normalized spacial score (nSPS) is 22.6. The van der Waals surface area contributed by atoms with Crippen LogP contribution in [0.1, 0.15) is 17.5 Å². The second-order valence-electron chi connectivity index (χ2n) is 4.94. The average molecular weight is 296 g/mol. The summed E-state index contributed by atoms with van der Waals surface area (Å²) in [6.45, 7) is 2.09. The molecule has 1 unspecified atom stereocenters. The van der Waals surface area contributed by atoms with Crippen molar-refractivity contribution < 1.29 is 18.3 Å². The van der Waals surface area contributed by atoms with Crippen molar-refractivity contribution >= 4 is 10.0 Å². The van der Waals surface area contributed by atoms with Crippen LogP contribution in [-0.2, 0) is 14.8 Å². The number of benzene rings is 1. The second kappa shape index (κ2) is 5.50. The Hall–Kier alpha value is -1.46. The van der Waals surface area contributed by atoms with E-state index in [4.69, 9.17) is 10.00 Å². The highest BCUT2D eigenvalue weighted by Crippen LogP contribution is 2.20. The van der Waals surface area contributed by atoms with Gasteiger partial charge in [-0.25, -0.2) is 13.1 Å². The molecule has 2 N–H and O–H groups in total. The molecule has 0 spiro atoms. The van der Waals surface area contributed by atoms with Crippen molar-refractivity contribution in [1.82, 2.24) is 4.72 Å². The molecule has 7 heteroatoms. The van der Waals surface area contributed by atoms with E-state index in [0.29, 0.717) is 24.2 Å². The van der Waals surface area contributed by atoms with Crippen molar-refractivity contribution in [3.8, 4) is 6.07 Å². The molecule has 1 aromatic rings. The molecule has 1 saturated heterocycles. The van der Waals surface area contributed by atoms with E-state index in [1.807, 2.05) is 6.07 Å². The first-order valence-electron chi connectivity index (χ1n) is 6.17. The van der Waals surface area contributed by atoms with Crippen molar-refractivity contribution in [2.24, 2.45) is 0 Å². The zero-order valence-electron chi connectivity index (χ0n) is 11.1. The summed E-state index contributed by atoms with van der Waals surface area (Å²) >= 11 is 0. The summed E-state index contributed by atoms with van der Waals surface area (Å²) in [7, 11) is -3.72. The van der Waals surface area contributed by atoms with Crippen molar-refractivity contribution in [1.29, 1.82) is 5.26 Å². The van der Waals surface area contributed by atoms with Gasteiger partial charge in [0, 0.05) is 19.6 Å². The molecule has 0 aliphatic carbocycles. The minimum Gasteiger partial charge on any atom is -0.386 e. The topological polar surface area (TPSA) is 99.4 Å².